The molecule has 0 saturated heterocycles. The van der Waals surface area contributed by atoms with Gasteiger partial charge in [-0.05, 0) is 29.5 Å². The summed E-state index contributed by atoms with van der Waals surface area (Å²) in [6.45, 7) is 6.45. The molecule has 2 aromatic rings. The molecule has 6 heteroatoms. The minimum absolute atomic E-state index is 0.0363. The third-order valence-electron chi connectivity index (χ3n) is 5.52. The second-order valence-electron chi connectivity index (χ2n) is 8.54. The lowest BCUT2D eigenvalue weighted by Crippen LogP contribution is -2.56. The zero-order chi connectivity index (χ0) is 22.4. The van der Waals surface area contributed by atoms with Crippen LogP contribution in [0.4, 0.5) is 0 Å². The van der Waals surface area contributed by atoms with Gasteiger partial charge in [0.1, 0.15) is 12.1 Å². The molecule has 2 N–H and O–H groups in total. The largest absolute Gasteiger partial charge is 0.350 e. The zero-order valence-corrected chi connectivity index (χ0v) is 18.4. The van der Waals surface area contributed by atoms with E-state index in [4.69, 9.17) is 0 Å². The molecule has 3 rings (SSSR count). The quantitative estimate of drug-likeness (QED) is 0.722. The summed E-state index contributed by atoms with van der Waals surface area (Å²) >= 11 is 0. The maximum Gasteiger partial charge on any atom is 0.243 e. The van der Waals surface area contributed by atoms with Crippen LogP contribution in [0.15, 0.2) is 54.6 Å². The van der Waals surface area contributed by atoms with Gasteiger partial charge in [-0.25, -0.2) is 0 Å². The molecule has 0 spiro atoms. The minimum atomic E-state index is -0.699. The van der Waals surface area contributed by atoms with Gasteiger partial charge in [-0.15, -0.1) is 0 Å². The van der Waals surface area contributed by atoms with Crippen molar-refractivity contribution in [1.29, 1.82) is 0 Å². The number of amides is 3. The summed E-state index contributed by atoms with van der Waals surface area (Å²) in [6.07, 6.45) is 0.837. The molecule has 2 atom stereocenters. The fraction of sp³-hybridized carbons (Fsp3) is 0.400. The van der Waals surface area contributed by atoms with Crippen LogP contribution in [0, 0.1) is 5.92 Å². The van der Waals surface area contributed by atoms with Crippen molar-refractivity contribution in [2.45, 2.75) is 58.8 Å². The fourth-order valence-electron chi connectivity index (χ4n) is 3.80. The van der Waals surface area contributed by atoms with Crippen molar-refractivity contribution in [2.75, 3.05) is 0 Å². The minimum Gasteiger partial charge on any atom is -0.350 e. The first-order chi connectivity index (χ1) is 14.8. The number of rotatable bonds is 7. The van der Waals surface area contributed by atoms with Gasteiger partial charge in [-0.3, -0.25) is 14.4 Å². The predicted molar refractivity (Wildman–Crippen MR) is 120 cm³/mol. The second-order valence-corrected chi connectivity index (χ2v) is 8.54. The molecule has 2 unspecified atom stereocenters. The first-order valence-corrected chi connectivity index (χ1v) is 10.8. The third-order valence-corrected chi connectivity index (χ3v) is 5.52. The van der Waals surface area contributed by atoms with Gasteiger partial charge in [0.25, 0.3) is 0 Å². The van der Waals surface area contributed by atoms with Gasteiger partial charge in [0.15, 0.2) is 0 Å². The average Bonchev–Trinajstić information content (AvgIpc) is 2.76. The van der Waals surface area contributed by atoms with Gasteiger partial charge < -0.3 is 15.5 Å². The number of nitrogens with zero attached hydrogens (tertiary/aromatic N) is 1. The summed E-state index contributed by atoms with van der Waals surface area (Å²) in [5.74, 6) is -0.385. The van der Waals surface area contributed by atoms with Gasteiger partial charge in [0, 0.05) is 25.9 Å². The van der Waals surface area contributed by atoms with Crippen LogP contribution in [0.25, 0.3) is 0 Å². The molecule has 0 aromatic heterocycles. The van der Waals surface area contributed by atoms with Gasteiger partial charge in [-0.1, -0.05) is 68.4 Å². The zero-order valence-electron chi connectivity index (χ0n) is 18.4. The van der Waals surface area contributed by atoms with E-state index < -0.39 is 12.1 Å². The summed E-state index contributed by atoms with van der Waals surface area (Å²) in [5, 5.41) is 5.66. The average molecular weight is 422 g/mol. The van der Waals surface area contributed by atoms with E-state index in [9.17, 15) is 14.4 Å². The topological polar surface area (TPSA) is 78.5 Å². The van der Waals surface area contributed by atoms with Crippen LogP contribution in [0.2, 0.25) is 0 Å². The lowest BCUT2D eigenvalue weighted by atomic mass is 9.92. The van der Waals surface area contributed by atoms with Crippen LogP contribution in [0.1, 0.15) is 43.9 Å². The molecule has 1 heterocycles. The number of hydrogen-bond donors (Lipinski definition) is 2. The lowest BCUT2D eigenvalue weighted by Gasteiger charge is -2.37. The van der Waals surface area contributed by atoms with Crippen LogP contribution in [-0.4, -0.2) is 34.7 Å². The molecule has 0 saturated carbocycles. The Balaban J connectivity index is 1.66. The first kappa shape index (κ1) is 22.5. The van der Waals surface area contributed by atoms with Gasteiger partial charge >= 0.3 is 0 Å². The predicted octanol–water partition coefficient (Wildman–Crippen LogP) is 2.81. The van der Waals surface area contributed by atoms with Crippen LogP contribution >= 0.6 is 0 Å². The molecule has 164 valence electrons. The highest BCUT2D eigenvalue weighted by molar-refractivity contribution is 5.92. The molecule has 0 aliphatic carbocycles. The van der Waals surface area contributed by atoms with Gasteiger partial charge in [0.05, 0.1) is 0 Å². The van der Waals surface area contributed by atoms with E-state index in [1.807, 2.05) is 68.4 Å². The summed E-state index contributed by atoms with van der Waals surface area (Å²) < 4.78 is 0. The Morgan fingerprint density at radius 1 is 0.968 bits per heavy atom. The van der Waals surface area contributed by atoms with E-state index in [1.165, 1.54) is 0 Å². The molecular weight excluding hydrogens is 390 g/mol. The molecule has 31 heavy (non-hydrogen) atoms. The highest BCUT2D eigenvalue weighted by Gasteiger charge is 2.35. The highest BCUT2D eigenvalue weighted by atomic mass is 16.2. The summed E-state index contributed by atoms with van der Waals surface area (Å²) in [7, 11) is 0. The SMILES string of the molecule is CC(C)CC(=O)N1Cc2ccccc2CC1C(=O)NC(C)C(=O)NCc1ccccc1. The van der Waals surface area contributed by atoms with E-state index in [0.29, 0.717) is 25.9 Å². The Hall–Kier alpha value is -3.15. The highest BCUT2D eigenvalue weighted by Crippen LogP contribution is 2.25. The fourth-order valence-corrected chi connectivity index (χ4v) is 3.80. The van der Waals surface area contributed by atoms with Crippen molar-refractivity contribution in [3.05, 3.63) is 71.3 Å². The monoisotopic (exact) mass is 421 g/mol. The first-order valence-electron chi connectivity index (χ1n) is 10.8. The Labute approximate surface area is 184 Å². The van der Waals surface area contributed by atoms with Crippen LogP contribution < -0.4 is 10.6 Å². The molecule has 1 aliphatic rings. The smallest absolute Gasteiger partial charge is 0.243 e. The van der Waals surface area contributed by atoms with Crippen molar-refractivity contribution >= 4 is 17.7 Å². The second kappa shape index (κ2) is 10.2. The van der Waals surface area contributed by atoms with Gasteiger partial charge in [0.2, 0.25) is 17.7 Å². The van der Waals surface area contributed by atoms with Crippen molar-refractivity contribution in [1.82, 2.24) is 15.5 Å². The molecule has 3 amide bonds. The number of benzene rings is 2. The third kappa shape index (κ3) is 5.94. The van der Waals surface area contributed by atoms with Crippen LogP contribution in [0.5, 0.6) is 0 Å². The van der Waals surface area contributed by atoms with E-state index in [2.05, 4.69) is 10.6 Å². The maximum atomic E-state index is 13.1. The Morgan fingerprint density at radius 3 is 2.29 bits per heavy atom. The van der Waals surface area contributed by atoms with Crippen molar-refractivity contribution in [3.63, 3.8) is 0 Å². The summed E-state index contributed by atoms with van der Waals surface area (Å²) in [4.78, 5) is 40.1. The van der Waals surface area contributed by atoms with Crippen molar-refractivity contribution < 1.29 is 14.4 Å². The van der Waals surface area contributed by atoms with Gasteiger partial charge in [-0.2, -0.15) is 0 Å². The van der Waals surface area contributed by atoms with Crippen molar-refractivity contribution in [2.24, 2.45) is 5.92 Å². The molecule has 0 bridgehead atoms. The number of hydrogen-bond acceptors (Lipinski definition) is 3. The number of carbonyl (C=O) groups excluding carboxylic acids is 3. The van der Waals surface area contributed by atoms with Crippen molar-refractivity contribution in [3.8, 4) is 0 Å². The van der Waals surface area contributed by atoms with E-state index in [1.54, 1.807) is 11.8 Å². The lowest BCUT2D eigenvalue weighted by molar-refractivity contribution is -0.143. The normalized spacial score (nSPS) is 16.4. The molecule has 6 nitrogen and oxygen atoms in total. The standard InChI is InChI=1S/C25H31N3O3/c1-17(2)13-23(29)28-16-21-12-8-7-11-20(21)14-22(28)25(31)27-18(3)24(30)26-15-19-9-5-4-6-10-19/h4-12,17-18,22H,13-16H2,1-3H3,(H,26,30)(H,27,31). The Bertz CT molecular complexity index is 927. The summed E-state index contributed by atoms with van der Waals surface area (Å²) in [5.41, 5.74) is 3.12. The summed E-state index contributed by atoms with van der Waals surface area (Å²) in [6, 6.07) is 16.2. The van der Waals surface area contributed by atoms with E-state index in [0.717, 1.165) is 16.7 Å². The maximum absolute atomic E-state index is 13.1. The molecule has 0 radical (unpaired) electrons. The van der Waals surface area contributed by atoms with Crippen LogP contribution in [-0.2, 0) is 33.9 Å². The molecule has 0 fully saturated rings. The molecule has 2 aromatic carbocycles. The van der Waals surface area contributed by atoms with E-state index in [-0.39, 0.29) is 23.6 Å². The Kier molecular flexibility index (Phi) is 7.45. The Morgan fingerprint density at radius 2 is 1.61 bits per heavy atom. The van der Waals surface area contributed by atoms with E-state index >= 15 is 0 Å². The molecular formula is C25H31N3O3. The number of carbonyl (C=O) groups is 3. The number of fused-ring (bicyclic) bond motifs is 1. The number of nitrogens with one attached hydrogen (secondary N) is 2. The molecule has 1 aliphatic heterocycles. The van der Waals surface area contributed by atoms with Crippen LogP contribution in [0.3, 0.4) is 0 Å².